The Morgan fingerprint density at radius 3 is 1.97 bits per heavy atom. The summed E-state index contributed by atoms with van der Waals surface area (Å²) in [5.74, 6) is -0.388. The molecule has 0 aromatic rings. The van der Waals surface area contributed by atoms with Gasteiger partial charge < -0.3 is 19.2 Å². The second-order valence-corrected chi connectivity index (χ2v) is 11.7. The molecule has 2 N–H and O–H groups in total. The van der Waals surface area contributed by atoms with Crippen molar-refractivity contribution >= 4 is 13.8 Å². The van der Waals surface area contributed by atoms with E-state index in [9.17, 15) is 19.4 Å². The van der Waals surface area contributed by atoms with Crippen molar-refractivity contribution in [2.24, 2.45) is 0 Å². The number of rotatable bonds is 24. The number of esters is 1. The third-order valence-electron chi connectivity index (χ3n) is 5.53. The van der Waals surface area contributed by atoms with Crippen LogP contribution in [0, 0.1) is 0 Å². The number of likely N-dealkylation sites (N-methyl/N-ethyl adjacent to an activating group) is 1. The Morgan fingerprint density at radius 1 is 0.857 bits per heavy atom. The summed E-state index contributed by atoms with van der Waals surface area (Å²) in [4.78, 5) is 21.4. The zero-order chi connectivity index (χ0) is 26.4. The van der Waals surface area contributed by atoms with Crippen LogP contribution in [0.2, 0.25) is 0 Å². The summed E-state index contributed by atoms with van der Waals surface area (Å²) >= 11 is 0. The van der Waals surface area contributed by atoms with E-state index in [1.165, 1.54) is 51.4 Å². The van der Waals surface area contributed by atoms with Gasteiger partial charge in [-0.25, -0.2) is 4.57 Å². The molecule has 0 saturated carbocycles. The summed E-state index contributed by atoms with van der Waals surface area (Å²) in [5, 5.41) is 9.82. The number of hydrogen-bond donors (Lipinski definition) is 2. The maximum atomic E-state index is 11.8. The Morgan fingerprint density at radius 2 is 1.40 bits per heavy atom. The lowest BCUT2D eigenvalue weighted by molar-refractivity contribution is -0.870. The number of allylic oxidation sites excluding steroid dienone is 2. The van der Waals surface area contributed by atoms with Gasteiger partial charge in [-0.05, 0) is 32.1 Å². The Balaban J connectivity index is 3.60. The number of carbonyl (C=O) groups is 1. The maximum absolute atomic E-state index is 11.8. The number of nitrogens with zero attached hydrogens (tertiary/aromatic N) is 1. The lowest BCUT2D eigenvalue weighted by Gasteiger charge is -2.24. The molecule has 0 heterocycles. The topological polar surface area (TPSA) is 102 Å². The van der Waals surface area contributed by atoms with E-state index in [0.717, 1.165) is 32.1 Å². The summed E-state index contributed by atoms with van der Waals surface area (Å²) in [6.07, 6.45) is 19.3. The largest absolute Gasteiger partial charge is 0.472 e. The Bertz CT molecular complexity index is 593. The summed E-state index contributed by atoms with van der Waals surface area (Å²) < 4.78 is 27.0. The van der Waals surface area contributed by atoms with Crippen molar-refractivity contribution < 1.29 is 37.6 Å². The van der Waals surface area contributed by atoms with Crippen molar-refractivity contribution in [3.8, 4) is 0 Å². The van der Waals surface area contributed by atoms with Crippen molar-refractivity contribution in [3.63, 3.8) is 0 Å². The predicted molar refractivity (Wildman–Crippen MR) is 141 cm³/mol. The number of unbranched alkanes of at least 4 members (excludes halogenated alkanes) is 11. The number of phosphoric acid groups is 1. The van der Waals surface area contributed by atoms with E-state index in [1.807, 2.05) is 21.1 Å². The molecule has 208 valence electrons. The van der Waals surface area contributed by atoms with Crippen LogP contribution < -0.4 is 0 Å². The molecule has 0 aromatic carbocycles. The highest BCUT2D eigenvalue weighted by Gasteiger charge is 2.24. The van der Waals surface area contributed by atoms with E-state index in [2.05, 4.69) is 19.1 Å². The molecular formula is C26H53NO7P+. The van der Waals surface area contributed by atoms with Crippen LogP contribution in [-0.4, -0.2) is 74.1 Å². The first-order valence-electron chi connectivity index (χ1n) is 13.5. The van der Waals surface area contributed by atoms with Gasteiger partial charge in [0.15, 0.2) is 0 Å². The van der Waals surface area contributed by atoms with Gasteiger partial charge in [0.2, 0.25) is 0 Å². The molecule has 0 aliphatic rings. The fourth-order valence-corrected chi connectivity index (χ4v) is 4.04. The molecule has 35 heavy (non-hydrogen) atoms. The molecule has 0 aliphatic carbocycles. The number of carbonyl (C=O) groups excluding carboxylic acids is 1. The van der Waals surface area contributed by atoms with Crippen molar-refractivity contribution in [2.75, 3.05) is 47.5 Å². The van der Waals surface area contributed by atoms with Crippen LogP contribution >= 0.6 is 7.82 Å². The average Bonchev–Trinajstić information content (AvgIpc) is 2.78. The highest BCUT2D eigenvalue weighted by molar-refractivity contribution is 7.47. The van der Waals surface area contributed by atoms with E-state index in [4.69, 9.17) is 13.8 Å². The molecule has 8 nitrogen and oxygen atoms in total. The number of aliphatic hydroxyl groups is 1. The molecule has 0 rings (SSSR count). The molecule has 9 heteroatoms. The molecule has 0 saturated heterocycles. The third-order valence-corrected chi connectivity index (χ3v) is 6.51. The molecule has 1 unspecified atom stereocenters. The molecule has 0 radical (unpaired) electrons. The van der Waals surface area contributed by atoms with Crippen LogP contribution in [0.25, 0.3) is 0 Å². The van der Waals surface area contributed by atoms with Gasteiger partial charge in [-0.2, -0.15) is 0 Å². The minimum absolute atomic E-state index is 0.0530. The second-order valence-electron chi connectivity index (χ2n) is 10.3. The van der Waals surface area contributed by atoms with Gasteiger partial charge >= 0.3 is 13.8 Å². The highest BCUT2D eigenvalue weighted by atomic mass is 31.2. The van der Waals surface area contributed by atoms with Gasteiger partial charge in [0.1, 0.15) is 25.9 Å². The lowest BCUT2D eigenvalue weighted by Crippen LogP contribution is -2.37. The average molecular weight is 523 g/mol. The zero-order valence-corrected chi connectivity index (χ0v) is 23.7. The van der Waals surface area contributed by atoms with E-state index >= 15 is 0 Å². The van der Waals surface area contributed by atoms with Crippen molar-refractivity contribution in [2.45, 2.75) is 103 Å². The SMILES string of the molecule is CCCCCCCCCC/C=C/CCCCCC(=O)OC[C@@H](O)COP(=O)(O)OCC[N+](C)(C)C. The van der Waals surface area contributed by atoms with E-state index in [-0.39, 0.29) is 19.2 Å². The van der Waals surface area contributed by atoms with E-state index in [1.54, 1.807) is 0 Å². The van der Waals surface area contributed by atoms with Crippen LogP contribution in [0.1, 0.15) is 96.8 Å². The van der Waals surface area contributed by atoms with Crippen LogP contribution in [0.5, 0.6) is 0 Å². The fourth-order valence-electron chi connectivity index (χ4n) is 3.30. The Labute approximate surface area is 214 Å². The highest BCUT2D eigenvalue weighted by Crippen LogP contribution is 2.43. The van der Waals surface area contributed by atoms with E-state index in [0.29, 0.717) is 17.4 Å². The van der Waals surface area contributed by atoms with Crippen molar-refractivity contribution in [1.82, 2.24) is 0 Å². The smallest absolute Gasteiger partial charge is 0.463 e. The summed E-state index contributed by atoms with van der Waals surface area (Å²) in [5.41, 5.74) is 0. The first-order valence-corrected chi connectivity index (χ1v) is 15.0. The number of ether oxygens (including phenoxy) is 1. The van der Waals surface area contributed by atoms with Gasteiger partial charge in [-0.15, -0.1) is 0 Å². The Hall–Kier alpha value is -0.760. The van der Waals surface area contributed by atoms with Crippen molar-refractivity contribution in [3.05, 3.63) is 12.2 Å². The van der Waals surface area contributed by atoms with Crippen molar-refractivity contribution in [1.29, 1.82) is 0 Å². The first-order chi connectivity index (χ1) is 16.6. The minimum Gasteiger partial charge on any atom is -0.463 e. The van der Waals surface area contributed by atoms with E-state index < -0.39 is 20.5 Å². The van der Waals surface area contributed by atoms with Gasteiger partial charge in [-0.1, -0.05) is 70.4 Å². The van der Waals surface area contributed by atoms with Crippen LogP contribution in [0.4, 0.5) is 0 Å². The van der Waals surface area contributed by atoms with Gasteiger partial charge in [0.05, 0.1) is 27.7 Å². The molecule has 2 atom stereocenters. The van der Waals surface area contributed by atoms with Crippen LogP contribution in [0.15, 0.2) is 12.2 Å². The third kappa shape index (κ3) is 26.1. The minimum atomic E-state index is -4.24. The first kappa shape index (κ1) is 34.2. The quantitative estimate of drug-likeness (QED) is 0.0546. The summed E-state index contributed by atoms with van der Waals surface area (Å²) in [6, 6.07) is 0. The maximum Gasteiger partial charge on any atom is 0.472 e. The van der Waals surface area contributed by atoms with Gasteiger partial charge in [-0.3, -0.25) is 13.8 Å². The van der Waals surface area contributed by atoms with Gasteiger partial charge in [0, 0.05) is 6.42 Å². The lowest BCUT2D eigenvalue weighted by atomic mass is 10.1. The van der Waals surface area contributed by atoms with Gasteiger partial charge in [0.25, 0.3) is 0 Å². The number of aliphatic hydroxyl groups excluding tert-OH is 1. The number of hydrogen-bond acceptors (Lipinski definition) is 6. The summed E-state index contributed by atoms with van der Waals surface area (Å²) in [6.45, 7) is 2.11. The summed E-state index contributed by atoms with van der Waals surface area (Å²) in [7, 11) is 1.55. The molecule has 0 aromatic heterocycles. The Kier molecular flexibility index (Phi) is 20.9. The zero-order valence-electron chi connectivity index (χ0n) is 22.8. The molecule has 0 aliphatic heterocycles. The molecule has 0 spiro atoms. The molecular weight excluding hydrogens is 469 g/mol. The number of phosphoric ester groups is 1. The van der Waals surface area contributed by atoms with Crippen LogP contribution in [-0.2, 0) is 23.1 Å². The standard InChI is InChI=1S/C26H52NO7P/c1-5-6-7-8-9-10-11-12-13-14-15-16-17-18-19-20-26(29)32-23-25(28)24-34-35(30,31)33-22-21-27(2,3)4/h14-15,25,28H,5-13,16-24H2,1-4H3/p+1/b15-14+/t25-/m1/s1. The fraction of sp³-hybridized carbons (Fsp3) is 0.885. The second kappa shape index (κ2) is 21.3. The monoisotopic (exact) mass is 522 g/mol. The molecule has 0 bridgehead atoms. The van der Waals surface area contributed by atoms with Crippen LogP contribution in [0.3, 0.4) is 0 Å². The molecule has 0 amide bonds. The normalized spacial score (nSPS) is 14.8. The molecule has 0 fully saturated rings. The number of quaternary nitrogens is 1. The predicted octanol–water partition coefficient (Wildman–Crippen LogP) is 5.77.